The highest BCUT2D eigenvalue weighted by Crippen LogP contribution is 2.19. The van der Waals surface area contributed by atoms with Crippen molar-refractivity contribution in [1.29, 1.82) is 0 Å². The molecule has 0 aromatic rings. The number of nitrogens with one attached hydrogen (secondary N) is 1. The Balaban J connectivity index is 2.31. The molecule has 0 aromatic heterocycles. The first kappa shape index (κ1) is 8.02. The molecule has 2 unspecified atom stereocenters. The Morgan fingerprint density at radius 3 is 2.20 bits per heavy atom. The predicted molar refractivity (Wildman–Crippen MR) is 42.0 cm³/mol. The molecule has 2 nitrogen and oxygen atoms in total. The van der Waals surface area contributed by atoms with E-state index in [9.17, 15) is 0 Å². The van der Waals surface area contributed by atoms with Gasteiger partial charge in [0.15, 0.2) is 0 Å². The first-order valence-electron chi connectivity index (χ1n) is 4.04. The molecule has 1 rings (SSSR count). The summed E-state index contributed by atoms with van der Waals surface area (Å²) in [7, 11) is 2.01. The molecule has 0 saturated carbocycles. The molecule has 10 heavy (non-hydrogen) atoms. The van der Waals surface area contributed by atoms with Crippen molar-refractivity contribution in [2.24, 2.45) is 5.92 Å². The lowest BCUT2D eigenvalue weighted by molar-refractivity contribution is -0.0782. The fraction of sp³-hybridized carbons (Fsp3) is 1.00. The number of rotatable bonds is 3. The van der Waals surface area contributed by atoms with Crippen molar-refractivity contribution in [2.45, 2.75) is 32.4 Å². The Bertz CT molecular complexity index is 99.4. The van der Waals surface area contributed by atoms with E-state index >= 15 is 0 Å². The van der Waals surface area contributed by atoms with Gasteiger partial charge < -0.3 is 10.1 Å². The molecule has 1 N–H and O–H groups in total. The highest BCUT2D eigenvalue weighted by Gasteiger charge is 2.28. The minimum absolute atomic E-state index is 0.477. The molecule has 2 heteroatoms. The van der Waals surface area contributed by atoms with Gasteiger partial charge in [0.25, 0.3) is 0 Å². The molecule has 0 bridgehead atoms. The van der Waals surface area contributed by atoms with E-state index in [1.54, 1.807) is 0 Å². The second-order valence-corrected chi connectivity index (χ2v) is 3.26. The molecule has 1 aliphatic rings. The van der Waals surface area contributed by atoms with E-state index in [1.807, 2.05) is 7.05 Å². The first-order valence-corrected chi connectivity index (χ1v) is 4.04. The zero-order valence-electron chi connectivity index (χ0n) is 7.05. The lowest BCUT2D eigenvalue weighted by Crippen LogP contribution is -2.48. The Morgan fingerprint density at radius 1 is 1.50 bits per heavy atom. The van der Waals surface area contributed by atoms with Crippen molar-refractivity contribution in [3.63, 3.8) is 0 Å². The van der Waals surface area contributed by atoms with Crippen molar-refractivity contribution < 1.29 is 4.74 Å². The van der Waals surface area contributed by atoms with Crippen LogP contribution in [0, 0.1) is 5.92 Å². The summed E-state index contributed by atoms with van der Waals surface area (Å²) in [6.45, 7) is 5.40. The molecule has 0 spiro atoms. The fourth-order valence-electron chi connectivity index (χ4n) is 1.49. The summed E-state index contributed by atoms with van der Waals surface area (Å²) in [5.74, 6) is 0.676. The molecule has 0 radical (unpaired) electrons. The standard InChI is InChI=1S/C8H17NO/c1-6(2)8(9-3)7-4-5-10-7/h6-9H,4-5H2,1-3H3. The third kappa shape index (κ3) is 1.50. The maximum absolute atomic E-state index is 5.38. The van der Waals surface area contributed by atoms with Crippen LogP contribution in [0.25, 0.3) is 0 Å². The zero-order chi connectivity index (χ0) is 7.56. The van der Waals surface area contributed by atoms with Crippen LogP contribution in [0.2, 0.25) is 0 Å². The van der Waals surface area contributed by atoms with Gasteiger partial charge in [-0.2, -0.15) is 0 Å². The molecule has 1 heterocycles. The number of hydrogen-bond acceptors (Lipinski definition) is 2. The Kier molecular flexibility index (Phi) is 2.69. The van der Waals surface area contributed by atoms with Crippen molar-refractivity contribution in [3.05, 3.63) is 0 Å². The molecule has 0 amide bonds. The molecule has 1 fully saturated rings. The molecule has 1 aliphatic heterocycles. The van der Waals surface area contributed by atoms with Crippen LogP contribution in [0.15, 0.2) is 0 Å². The van der Waals surface area contributed by atoms with Crippen LogP contribution in [-0.2, 0) is 4.74 Å². The molecule has 0 aromatic carbocycles. The van der Waals surface area contributed by atoms with Gasteiger partial charge in [-0.25, -0.2) is 0 Å². The summed E-state index contributed by atoms with van der Waals surface area (Å²) >= 11 is 0. The van der Waals surface area contributed by atoms with Crippen LogP contribution in [0.3, 0.4) is 0 Å². The average molecular weight is 143 g/mol. The topological polar surface area (TPSA) is 21.3 Å². The van der Waals surface area contributed by atoms with Crippen LogP contribution in [-0.4, -0.2) is 25.8 Å². The highest BCUT2D eigenvalue weighted by atomic mass is 16.5. The van der Waals surface area contributed by atoms with E-state index in [0.29, 0.717) is 18.1 Å². The SMILES string of the molecule is CNC(C(C)C)C1CCO1. The number of ether oxygens (including phenoxy) is 1. The van der Waals surface area contributed by atoms with Gasteiger partial charge >= 0.3 is 0 Å². The quantitative estimate of drug-likeness (QED) is 0.637. The zero-order valence-corrected chi connectivity index (χ0v) is 7.05. The van der Waals surface area contributed by atoms with Gasteiger partial charge in [0.05, 0.1) is 6.10 Å². The minimum Gasteiger partial charge on any atom is -0.376 e. The third-order valence-corrected chi connectivity index (χ3v) is 2.19. The number of hydrogen-bond donors (Lipinski definition) is 1. The average Bonchev–Trinajstić information content (AvgIpc) is 1.76. The Labute approximate surface area is 63.0 Å². The van der Waals surface area contributed by atoms with Crippen LogP contribution in [0.4, 0.5) is 0 Å². The molecule has 2 atom stereocenters. The molecular weight excluding hydrogens is 126 g/mol. The van der Waals surface area contributed by atoms with Crippen LogP contribution in [0.5, 0.6) is 0 Å². The van der Waals surface area contributed by atoms with Crippen molar-refractivity contribution >= 4 is 0 Å². The van der Waals surface area contributed by atoms with E-state index in [4.69, 9.17) is 4.74 Å². The van der Waals surface area contributed by atoms with Crippen LogP contribution >= 0.6 is 0 Å². The lowest BCUT2D eigenvalue weighted by Gasteiger charge is -2.36. The summed E-state index contributed by atoms with van der Waals surface area (Å²) in [6.07, 6.45) is 1.70. The fourth-order valence-corrected chi connectivity index (χ4v) is 1.49. The van der Waals surface area contributed by atoms with Gasteiger partial charge in [-0.1, -0.05) is 13.8 Å². The maximum Gasteiger partial charge on any atom is 0.0752 e. The van der Waals surface area contributed by atoms with E-state index in [0.717, 1.165) is 6.61 Å². The largest absolute Gasteiger partial charge is 0.376 e. The van der Waals surface area contributed by atoms with Gasteiger partial charge in [-0.3, -0.25) is 0 Å². The van der Waals surface area contributed by atoms with E-state index in [-0.39, 0.29) is 0 Å². The van der Waals surface area contributed by atoms with Gasteiger partial charge in [0.1, 0.15) is 0 Å². The lowest BCUT2D eigenvalue weighted by atomic mass is 9.94. The maximum atomic E-state index is 5.38. The summed E-state index contributed by atoms with van der Waals surface area (Å²) in [4.78, 5) is 0. The van der Waals surface area contributed by atoms with Crippen molar-refractivity contribution in [3.8, 4) is 0 Å². The molecule has 1 saturated heterocycles. The normalized spacial score (nSPS) is 28.2. The highest BCUT2D eigenvalue weighted by molar-refractivity contribution is 4.82. The third-order valence-electron chi connectivity index (χ3n) is 2.19. The molecule has 60 valence electrons. The number of likely N-dealkylation sites (N-methyl/N-ethyl adjacent to an activating group) is 1. The van der Waals surface area contributed by atoms with Gasteiger partial charge in [-0.15, -0.1) is 0 Å². The Morgan fingerprint density at radius 2 is 2.10 bits per heavy atom. The van der Waals surface area contributed by atoms with Crippen molar-refractivity contribution in [1.82, 2.24) is 5.32 Å². The molecular formula is C8H17NO. The van der Waals surface area contributed by atoms with E-state index < -0.39 is 0 Å². The second-order valence-electron chi connectivity index (χ2n) is 3.26. The van der Waals surface area contributed by atoms with Gasteiger partial charge in [0, 0.05) is 12.6 Å². The predicted octanol–water partition coefficient (Wildman–Crippen LogP) is 1.02. The summed E-state index contributed by atoms with van der Waals surface area (Å²) in [5, 5.41) is 3.28. The van der Waals surface area contributed by atoms with E-state index in [2.05, 4.69) is 19.2 Å². The monoisotopic (exact) mass is 143 g/mol. The first-order chi connectivity index (χ1) is 4.75. The molecule has 0 aliphatic carbocycles. The van der Waals surface area contributed by atoms with E-state index in [1.165, 1.54) is 6.42 Å². The summed E-state index contributed by atoms with van der Waals surface area (Å²) < 4.78 is 5.38. The van der Waals surface area contributed by atoms with Gasteiger partial charge in [-0.05, 0) is 19.4 Å². The van der Waals surface area contributed by atoms with Crippen LogP contribution in [0.1, 0.15) is 20.3 Å². The minimum atomic E-state index is 0.477. The summed E-state index contributed by atoms with van der Waals surface area (Å²) in [5.41, 5.74) is 0. The summed E-state index contributed by atoms with van der Waals surface area (Å²) in [6, 6.07) is 0.550. The Hall–Kier alpha value is -0.0800. The van der Waals surface area contributed by atoms with Crippen LogP contribution < -0.4 is 5.32 Å². The van der Waals surface area contributed by atoms with Gasteiger partial charge in [0.2, 0.25) is 0 Å². The second kappa shape index (κ2) is 3.35. The smallest absolute Gasteiger partial charge is 0.0752 e. The van der Waals surface area contributed by atoms with Crippen molar-refractivity contribution in [2.75, 3.05) is 13.7 Å².